The van der Waals surface area contributed by atoms with Gasteiger partial charge in [0.05, 0.1) is 29.8 Å². The zero-order valence-electron chi connectivity index (χ0n) is 40.3. The minimum Gasteiger partial charge on any atom is -0.508 e. The highest BCUT2D eigenvalue weighted by Crippen LogP contribution is 2.40. The van der Waals surface area contributed by atoms with Gasteiger partial charge in [0.2, 0.25) is 11.8 Å². The molecule has 2 bridgehead atoms. The number of fused-ring (bicyclic) bond motifs is 5. The molecule has 6 aliphatic heterocycles. The highest BCUT2D eigenvalue weighted by atomic mass is 19.1. The molecule has 3 N–H and O–H groups in total. The Morgan fingerprint density at radius 1 is 0.817 bits per heavy atom. The van der Waals surface area contributed by atoms with Crippen molar-refractivity contribution in [1.29, 1.82) is 0 Å². The lowest BCUT2D eigenvalue weighted by atomic mass is 9.90. The van der Waals surface area contributed by atoms with Gasteiger partial charge in [0.25, 0.3) is 5.91 Å². The van der Waals surface area contributed by atoms with Gasteiger partial charge < -0.3 is 39.3 Å². The van der Waals surface area contributed by atoms with Crippen molar-refractivity contribution in [2.75, 3.05) is 62.2 Å². The first-order chi connectivity index (χ1) is 34.6. The maximum atomic E-state index is 17.0. The first-order valence-electron chi connectivity index (χ1n) is 25.9. The summed E-state index contributed by atoms with van der Waals surface area (Å²) >= 11 is 0. The number of halogens is 1. The molecule has 12 rings (SSSR count). The van der Waals surface area contributed by atoms with Crippen LogP contribution < -0.4 is 25.2 Å². The average molecular weight is 968 g/mol. The SMILES string of the molecule is CCc1cccc2cc(O)cc(-c3ncc4c(N5CC6CCC(C5)N6)nc(OCCN5CCC(OC6CC(OC7CCN(c8cccc9c8CN(C8CCC(=O)NC8=O)C9=O)CC7)C6)CC5)nc4c3F)c12. The van der Waals surface area contributed by atoms with Crippen LogP contribution in [0.4, 0.5) is 15.9 Å². The number of nitrogens with zero attached hydrogens (tertiary/aromatic N) is 7. The minimum absolute atomic E-state index is 0.0478. The average Bonchev–Trinajstić information content (AvgIpc) is 3.89. The number of carbonyl (C=O) groups is 3. The van der Waals surface area contributed by atoms with Crippen LogP contribution in [-0.2, 0) is 32.0 Å². The molecular weight excluding hydrogens is 906 g/mol. The second kappa shape index (κ2) is 19.2. The largest absolute Gasteiger partial charge is 0.508 e. The Balaban J connectivity index is 0.625. The van der Waals surface area contributed by atoms with Gasteiger partial charge in [-0.25, -0.2) is 4.39 Å². The third kappa shape index (κ3) is 9.03. The fourth-order valence-corrected chi connectivity index (χ4v) is 12.4. The molecule has 2 aromatic heterocycles. The molecule has 3 aromatic carbocycles. The molecule has 5 saturated heterocycles. The predicted molar refractivity (Wildman–Crippen MR) is 265 cm³/mol. The molecule has 3 amide bonds. The van der Waals surface area contributed by atoms with Crippen LogP contribution in [0.5, 0.6) is 11.8 Å². The van der Waals surface area contributed by atoms with E-state index in [9.17, 15) is 19.5 Å². The fourth-order valence-electron chi connectivity index (χ4n) is 12.4. The van der Waals surface area contributed by atoms with Crippen molar-refractivity contribution in [2.45, 2.75) is 127 Å². The monoisotopic (exact) mass is 967 g/mol. The molecule has 1 aliphatic carbocycles. The number of benzene rings is 3. The van der Waals surface area contributed by atoms with E-state index in [1.807, 2.05) is 30.3 Å². The molecule has 0 radical (unpaired) electrons. The van der Waals surface area contributed by atoms with Gasteiger partial charge in [0.1, 0.15) is 35.4 Å². The van der Waals surface area contributed by atoms with E-state index in [0.29, 0.717) is 60.5 Å². The summed E-state index contributed by atoms with van der Waals surface area (Å²) in [5, 5.41) is 19.0. The number of aromatic hydroxyl groups is 1. The number of phenols is 1. The maximum absolute atomic E-state index is 17.0. The lowest BCUT2D eigenvalue weighted by molar-refractivity contribution is -0.153. The maximum Gasteiger partial charge on any atom is 0.319 e. The molecule has 17 heteroatoms. The fraction of sp³-hybridized carbons (Fsp3) is 0.519. The Kier molecular flexibility index (Phi) is 12.5. The number of aromatic nitrogens is 3. The Labute approximate surface area is 412 Å². The number of pyridine rings is 1. The second-order valence-corrected chi connectivity index (χ2v) is 20.7. The van der Waals surface area contributed by atoms with Crippen LogP contribution in [0.2, 0.25) is 0 Å². The van der Waals surface area contributed by atoms with E-state index in [2.05, 4.69) is 38.3 Å². The minimum atomic E-state index is -0.626. The predicted octanol–water partition coefficient (Wildman–Crippen LogP) is 6.03. The molecular formula is C54H62FN9O7. The van der Waals surface area contributed by atoms with Gasteiger partial charge in [-0.3, -0.25) is 29.6 Å². The van der Waals surface area contributed by atoms with Gasteiger partial charge in [-0.15, -0.1) is 0 Å². The lowest BCUT2D eigenvalue weighted by Crippen LogP contribution is -2.52. The molecule has 7 aliphatic rings. The highest BCUT2D eigenvalue weighted by Gasteiger charge is 2.42. The van der Waals surface area contributed by atoms with Crippen LogP contribution in [0.25, 0.3) is 32.9 Å². The Morgan fingerprint density at radius 3 is 2.28 bits per heavy atom. The Morgan fingerprint density at radius 2 is 1.55 bits per heavy atom. The van der Waals surface area contributed by atoms with Gasteiger partial charge in [0.15, 0.2) is 5.82 Å². The number of amides is 3. The van der Waals surface area contributed by atoms with Crippen molar-refractivity contribution in [1.82, 2.24) is 35.4 Å². The number of carbonyl (C=O) groups excluding carboxylic acids is 3. The lowest BCUT2D eigenvalue weighted by Gasteiger charge is -2.42. The molecule has 3 unspecified atom stereocenters. The number of phenolic OH excluding ortho intramolecular Hbond substituents is 1. The molecule has 71 heavy (non-hydrogen) atoms. The van der Waals surface area contributed by atoms with E-state index in [1.54, 1.807) is 23.2 Å². The van der Waals surface area contributed by atoms with Crippen LogP contribution in [0, 0.1) is 5.82 Å². The molecule has 5 aromatic rings. The number of piperazine rings is 1. The summed E-state index contributed by atoms with van der Waals surface area (Å²) in [6, 6.07) is 15.2. The highest BCUT2D eigenvalue weighted by molar-refractivity contribution is 6.06. The summed E-state index contributed by atoms with van der Waals surface area (Å²) < 4.78 is 36.5. The molecule has 1 saturated carbocycles. The summed E-state index contributed by atoms with van der Waals surface area (Å²) in [4.78, 5) is 60.6. The number of rotatable bonds is 13. The molecule has 3 atom stereocenters. The number of nitrogens with one attached hydrogen (secondary N) is 2. The van der Waals surface area contributed by atoms with Crippen molar-refractivity contribution >= 4 is 50.9 Å². The van der Waals surface area contributed by atoms with Gasteiger partial charge >= 0.3 is 6.01 Å². The summed E-state index contributed by atoms with van der Waals surface area (Å²) in [6.07, 6.45) is 11.5. The smallest absolute Gasteiger partial charge is 0.319 e. The molecule has 8 heterocycles. The van der Waals surface area contributed by atoms with E-state index in [4.69, 9.17) is 29.2 Å². The van der Waals surface area contributed by atoms with Gasteiger partial charge in [-0.2, -0.15) is 9.97 Å². The normalized spacial score (nSPS) is 25.3. The van der Waals surface area contributed by atoms with Crippen LogP contribution in [-0.4, -0.2) is 143 Å². The quantitative estimate of drug-likeness (QED) is 0.117. The van der Waals surface area contributed by atoms with Crippen molar-refractivity contribution in [3.05, 3.63) is 77.2 Å². The Hall–Kier alpha value is -6.01. The van der Waals surface area contributed by atoms with Crippen LogP contribution in [0.3, 0.4) is 0 Å². The summed E-state index contributed by atoms with van der Waals surface area (Å²) in [6.45, 7) is 8.43. The zero-order chi connectivity index (χ0) is 48.3. The number of imide groups is 1. The molecule has 6 fully saturated rings. The van der Waals surface area contributed by atoms with Crippen molar-refractivity contribution in [3.63, 3.8) is 0 Å². The van der Waals surface area contributed by atoms with E-state index in [0.717, 1.165) is 125 Å². The molecule has 372 valence electrons. The van der Waals surface area contributed by atoms with Gasteiger partial charge in [-0.05, 0) is 105 Å². The topological polar surface area (TPSA) is 175 Å². The summed E-state index contributed by atoms with van der Waals surface area (Å²) in [5.74, 6) is -0.702. The first kappa shape index (κ1) is 46.1. The standard InChI is InChI=1S/C54H62FN9O7/c1-2-31-5-3-6-32-23-35(65)24-41(47(31)32)49-48(55)50-42(27-56-49)51(63-28-33-9-10-34(29-63)57-33)60-54(59-50)69-22-21-61-17-13-36(14-18-61)70-38-25-39(26-38)71-37-15-19-62(20-16-37)44-8-4-7-40-43(44)30-64(53(40)68)45-11-12-46(66)58-52(45)67/h3-8,23-24,27,33-34,36-39,45,57,65H,2,9-22,25-26,28-30H2,1H3,(H,58,66,67). The molecule has 0 spiro atoms. The van der Waals surface area contributed by atoms with E-state index in [-0.39, 0.29) is 65.6 Å². The number of anilines is 2. The summed E-state index contributed by atoms with van der Waals surface area (Å²) in [7, 11) is 0. The van der Waals surface area contributed by atoms with Crippen LogP contribution in [0.1, 0.15) is 92.6 Å². The van der Waals surface area contributed by atoms with E-state index >= 15 is 4.39 Å². The second-order valence-electron chi connectivity index (χ2n) is 20.7. The van der Waals surface area contributed by atoms with Crippen molar-refractivity contribution < 1.29 is 38.1 Å². The zero-order valence-corrected chi connectivity index (χ0v) is 40.3. The number of aryl methyl sites for hydroxylation is 1. The number of ether oxygens (including phenoxy) is 3. The van der Waals surface area contributed by atoms with Gasteiger partial charge in [-0.1, -0.05) is 31.2 Å². The van der Waals surface area contributed by atoms with Crippen LogP contribution in [0.15, 0.2) is 54.7 Å². The third-order valence-corrected chi connectivity index (χ3v) is 16.2. The van der Waals surface area contributed by atoms with Crippen molar-refractivity contribution in [3.8, 4) is 23.0 Å². The number of likely N-dealkylation sites (tertiary alicyclic amines) is 1. The van der Waals surface area contributed by atoms with E-state index in [1.165, 1.54) is 0 Å². The van der Waals surface area contributed by atoms with Crippen molar-refractivity contribution in [2.24, 2.45) is 0 Å². The first-order valence-corrected chi connectivity index (χ1v) is 25.9. The van der Waals surface area contributed by atoms with Gasteiger partial charge in [0, 0.05) is 99.4 Å². The summed E-state index contributed by atoms with van der Waals surface area (Å²) in [5.41, 5.74) is 4.51. The number of hydrogen-bond acceptors (Lipinski definition) is 14. The third-order valence-electron chi connectivity index (χ3n) is 16.2. The van der Waals surface area contributed by atoms with Crippen LogP contribution >= 0.6 is 0 Å². The van der Waals surface area contributed by atoms with E-state index < -0.39 is 17.8 Å². The Bertz CT molecular complexity index is 2870. The number of hydrogen-bond donors (Lipinski definition) is 3. The molecule has 16 nitrogen and oxygen atoms in total. The number of piperidine rings is 3.